The summed E-state index contributed by atoms with van der Waals surface area (Å²) in [6, 6.07) is 11.3. The van der Waals surface area contributed by atoms with E-state index in [1.165, 1.54) is 18.3 Å². The molecule has 0 aliphatic heterocycles. The number of ether oxygens (including phenoxy) is 2. The Hall–Kier alpha value is -3.04. The quantitative estimate of drug-likeness (QED) is 0.312. The molecule has 2 aromatic rings. The van der Waals surface area contributed by atoms with Gasteiger partial charge in [0.1, 0.15) is 13.2 Å². The lowest BCUT2D eigenvalue weighted by molar-refractivity contribution is -0.119. The predicted octanol–water partition coefficient (Wildman–Crippen LogP) is 3.22. The number of hydrazone groups is 1. The molecule has 0 unspecified atom stereocenters. The van der Waals surface area contributed by atoms with Crippen LogP contribution in [0, 0.1) is 0 Å². The van der Waals surface area contributed by atoms with Gasteiger partial charge in [-0.25, -0.2) is 13.8 Å². The number of carbonyl (C=O) groups excluding carboxylic acids is 1. The SMILES string of the molecule is C=CCOc1ccc(/C=N\NC(=O)CN(c2ccc(Cl)cc2)S(C)(=O)=O)cc1OCC. The zero-order chi connectivity index (χ0) is 22.9. The topological polar surface area (TPSA) is 97.3 Å². The van der Waals surface area contributed by atoms with E-state index >= 15 is 0 Å². The lowest BCUT2D eigenvalue weighted by Gasteiger charge is -2.21. The first-order valence-electron chi connectivity index (χ1n) is 9.30. The monoisotopic (exact) mass is 465 g/mol. The van der Waals surface area contributed by atoms with Crippen LogP contribution in [0.4, 0.5) is 5.69 Å². The maximum Gasteiger partial charge on any atom is 0.260 e. The molecule has 0 fully saturated rings. The number of nitrogens with zero attached hydrogens (tertiary/aromatic N) is 2. The first-order chi connectivity index (χ1) is 14.7. The molecule has 0 heterocycles. The van der Waals surface area contributed by atoms with E-state index < -0.39 is 22.5 Å². The van der Waals surface area contributed by atoms with Crippen molar-refractivity contribution < 1.29 is 22.7 Å². The molecule has 0 radical (unpaired) electrons. The molecule has 0 aliphatic carbocycles. The van der Waals surface area contributed by atoms with Gasteiger partial charge in [-0.05, 0) is 55.0 Å². The Morgan fingerprint density at radius 1 is 1.19 bits per heavy atom. The molecule has 0 aliphatic rings. The van der Waals surface area contributed by atoms with E-state index in [1.54, 1.807) is 36.4 Å². The van der Waals surface area contributed by atoms with E-state index in [1.807, 2.05) is 6.92 Å². The van der Waals surface area contributed by atoms with Crippen LogP contribution in [0.25, 0.3) is 0 Å². The van der Waals surface area contributed by atoms with Crippen LogP contribution in [0.15, 0.2) is 60.2 Å². The number of sulfonamides is 1. The summed E-state index contributed by atoms with van der Waals surface area (Å²) in [6.07, 6.45) is 4.07. The van der Waals surface area contributed by atoms with Gasteiger partial charge in [0.05, 0.1) is 24.8 Å². The molecular weight excluding hydrogens is 442 g/mol. The first kappa shape index (κ1) is 24.2. The Balaban J connectivity index is 2.07. The van der Waals surface area contributed by atoms with Crippen LogP contribution in [-0.2, 0) is 14.8 Å². The van der Waals surface area contributed by atoms with Crippen LogP contribution in [0.3, 0.4) is 0 Å². The van der Waals surface area contributed by atoms with Gasteiger partial charge in [0, 0.05) is 5.02 Å². The Kier molecular flexibility index (Phi) is 8.89. The van der Waals surface area contributed by atoms with Crippen LogP contribution in [0.2, 0.25) is 5.02 Å². The molecule has 1 N–H and O–H groups in total. The third kappa shape index (κ3) is 7.62. The minimum atomic E-state index is -3.69. The molecule has 1 amide bonds. The van der Waals surface area contributed by atoms with Gasteiger partial charge in [-0.1, -0.05) is 24.3 Å². The minimum Gasteiger partial charge on any atom is -0.490 e. The Morgan fingerprint density at radius 3 is 2.52 bits per heavy atom. The highest BCUT2D eigenvalue weighted by molar-refractivity contribution is 7.92. The average molecular weight is 466 g/mol. The highest BCUT2D eigenvalue weighted by Crippen LogP contribution is 2.28. The van der Waals surface area contributed by atoms with Gasteiger partial charge in [-0.15, -0.1) is 0 Å². The average Bonchev–Trinajstić information content (AvgIpc) is 2.72. The number of carbonyl (C=O) groups is 1. The number of anilines is 1. The summed E-state index contributed by atoms with van der Waals surface area (Å²) in [5.74, 6) is 0.493. The second-order valence-electron chi connectivity index (χ2n) is 6.28. The molecule has 0 spiro atoms. The van der Waals surface area contributed by atoms with Crippen molar-refractivity contribution in [2.24, 2.45) is 5.10 Å². The zero-order valence-electron chi connectivity index (χ0n) is 17.2. The fourth-order valence-corrected chi connectivity index (χ4v) is 3.48. The van der Waals surface area contributed by atoms with Crippen molar-refractivity contribution in [1.29, 1.82) is 0 Å². The normalized spacial score (nSPS) is 11.2. The summed E-state index contributed by atoms with van der Waals surface area (Å²) < 4.78 is 36.2. The van der Waals surface area contributed by atoms with E-state index in [0.29, 0.717) is 41.0 Å². The Bertz CT molecular complexity index is 1040. The van der Waals surface area contributed by atoms with E-state index in [-0.39, 0.29) is 0 Å². The fraction of sp³-hybridized carbons (Fsp3) is 0.238. The number of rotatable bonds is 11. The summed E-state index contributed by atoms with van der Waals surface area (Å²) in [5.41, 5.74) is 3.31. The van der Waals surface area contributed by atoms with Gasteiger partial charge in [0.2, 0.25) is 10.0 Å². The van der Waals surface area contributed by atoms with Crippen molar-refractivity contribution in [3.63, 3.8) is 0 Å². The highest BCUT2D eigenvalue weighted by Gasteiger charge is 2.20. The number of hydrogen-bond acceptors (Lipinski definition) is 6. The van der Waals surface area contributed by atoms with Crippen molar-refractivity contribution in [3.8, 4) is 11.5 Å². The molecule has 10 heteroatoms. The Labute approximate surface area is 187 Å². The van der Waals surface area contributed by atoms with Crippen LogP contribution in [-0.4, -0.2) is 46.6 Å². The summed E-state index contributed by atoms with van der Waals surface area (Å²) in [4.78, 5) is 12.3. The third-order valence-corrected chi connectivity index (χ3v) is 5.22. The molecule has 31 heavy (non-hydrogen) atoms. The van der Waals surface area contributed by atoms with E-state index in [4.69, 9.17) is 21.1 Å². The molecule has 2 aromatic carbocycles. The number of nitrogens with one attached hydrogen (secondary N) is 1. The predicted molar refractivity (Wildman–Crippen MR) is 123 cm³/mol. The molecule has 0 bridgehead atoms. The van der Waals surface area contributed by atoms with Crippen molar-refractivity contribution in [2.45, 2.75) is 6.92 Å². The molecule has 166 valence electrons. The minimum absolute atomic E-state index is 0.322. The lowest BCUT2D eigenvalue weighted by atomic mass is 10.2. The van der Waals surface area contributed by atoms with Crippen molar-refractivity contribution >= 4 is 39.4 Å². The second kappa shape index (κ2) is 11.4. The maximum absolute atomic E-state index is 12.3. The van der Waals surface area contributed by atoms with Gasteiger partial charge >= 0.3 is 0 Å². The smallest absolute Gasteiger partial charge is 0.260 e. The van der Waals surface area contributed by atoms with Crippen LogP contribution in [0.1, 0.15) is 12.5 Å². The molecular formula is C21H24ClN3O5S. The van der Waals surface area contributed by atoms with Crippen molar-refractivity contribution in [2.75, 3.05) is 30.3 Å². The van der Waals surface area contributed by atoms with E-state index in [0.717, 1.165) is 10.6 Å². The lowest BCUT2D eigenvalue weighted by Crippen LogP contribution is -2.38. The summed E-state index contributed by atoms with van der Waals surface area (Å²) in [5, 5.41) is 4.35. The number of hydrogen-bond donors (Lipinski definition) is 1. The van der Waals surface area contributed by atoms with E-state index in [9.17, 15) is 13.2 Å². The van der Waals surface area contributed by atoms with Crippen LogP contribution >= 0.6 is 11.6 Å². The number of halogens is 1. The molecule has 0 atom stereocenters. The van der Waals surface area contributed by atoms with Gasteiger partial charge < -0.3 is 9.47 Å². The van der Waals surface area contributed by atoms with Crippen LogP contribution < -0.4 is 19.2 Å². The number of benzene rings is 2. The van der Waals surface area contributed by atoms with Gasteiger partial charge in [0.15, 0.2) is 11.5 Å². The third-order valence-electron chi connectivity index (χ3n) is 3.83. The largest absolute Gasteiger partial charge is 0.490 e. The highest BCUT2D eigenvalue weighted by atomic mass is 35.5. The van der Waals surface area contributed by atoms with Crippen LogP contribution in [0.5, 0.6) is 11.5 Å². The van der Waals surface area contributed by atoms with Crippen molar-refractivity contribution in [1.82, 2.24) is 5.43 Å². The maximum atomic E-state index is 12.3. The molecule has 0 saturated heterocycles. The first-order valence-corrected chi connectivity index (χ1v) is 11.5. The van der Waals surface area contributed by atoms with E-state index in [2.05, 4.69) is 17.1 Å². The molecule has 8 nitrogen and oxygen atoms in total. The van der Waals surface area contributed by atoms with Gasteiger partial charge in [-0.2, -0.15) is 5.10 Å². The summed E-state index contributed by atoms with van der Waals surface area (Å²) in [7, 11) is -3.69. The van der Waals surface area contributed by atoms with Crippen molar-refractivity contribution in [3.05, 3.63) is 65.7 Å². The summed E-state index contributed by atoms with van der Waals surface area (Å²) in [6.45, 7) is 5.82. The van der Waals surface area contributed by atoms with Gasteiger partial charge in [-0.3, -0.25) is 9.10 Å². The molecule has 0 aromatic heterocycles. The zero-order valence-corrected chi connectivity index (χ0v) is 18.8. The molecule has 2 rings (SSSR count). The fourth-order valence-electron chi connectivity index (χ4n) is 2.49. The Morgan fingerprint density at radius 2 is 1.90 bits per heavy atom. The summed E-state index contributed by atoms with van der Waals surface area (Å²) >= 11 is 5.84. The second-order valence-corrected chi connectivity index (χ2v) is 8.62. The molecule has 0 saturated carbocycles. The van der Waals surface area contributed by atoms with Gasteiger partial charge in [0.25, 0.3) is 5.91 Å². The number of amides is 1. The standard InChI is InChI=1S/C21H24ClN3O5S/c1-4-12-30-19-11-6-16(13-20(19)29-5-2)14-23-24-21(26)15-25(31(3,27)28)18-9-7-17(22)8-10-18/h4,6-11,13-14H,1,5,12,15H2,2-3H3,(H,24,26)/b23-14-.